The Labute approximate surface area is 124 Å². The van der Waals surface area contributed by atoms with E-state index < -0.39 is 0 Å². The van der Waals surface area contributed by atoms with Crippen molar-refractivity contribution in [2.24, 2.45) is 0 Å². The van der Waals surface area contributed by atoms with E-state index >= 15 is 0 Å². The highest BCUT2D eigenvalue weighted by molar-refractivity contribution is 5.92. The topological polar surface area (TPSA) is 71.8 Å². The van der Waals surface area contributed by atoms with Crippen LogP contribution in [0.4, 0.5) is 5.69 Å². The fourth-order valence-electron chi connectivity index (χ4n) is 1.92. The van der Waals surface area contributed by atoms with Gasteiger partial charge in [-0.15, -0.1) is 0 Å². The van der Waals surface area contributed by atoms with Crippen LogP contribution in [-0.2, 0) is 4.79 Å². The van der Waals surface area contributed by atoms with E-state index in [4.69, 9.17) is 0 Å². The molecule has 0 aliphatic carbocycles. The predicted molar refractivity (Wildman–Crippen MR) is 82.4 cm³/mol. The summed E-state index contributed by atoms with van der Waals surface area (Å²) in [5.41, 5.74) is 0.669. The third-order valence-corrected chi connectivity index (χ3v) is 2.92. The maximum absolute atomic E-state index is 12.0. The zero-order valence-electron chi connectivity index (χ0n) is 12.4. The average molecular weight is 287 g/mol. The summed E-state index contributed by atoms with van der Waals surface area (Å²) in [4.78, 5) is 16.2. The van der Waals surface area contributed by atoms with Gasteiger partial charge in [0.05, 0.1) is 5.69 Å². The van der Waals surface area contributed by atoms with E-state index in [2.05, 4.69) is 34.6 Å². The number of carbonyl (C=O) groups is 1. The molecule has 0 aliphatic rings. The van der Waals surface area contributed by atoms with Crippen LogP contribution in [0.1, 0.15) is 26.7 Å². The SMILES string of the molecule is CC(C)NCCCC(=O)Nc1cccnc1-n1cccn1. The Kier molecular flexibility index (Phi) is 5.45. The van der Waals surface area contributed by atoms with E-state index in [0.29, 0.717) is 24.0 Å². The highest BCUT2D eigenvalue weighted by atomic mass is 16.1. The Morgan fingerprint density at radius 1 is 1.33 bits per heavy atom. The van der Waals surface area contributed by atoms with E-state index in [1.165, 1.54) is 0 Å². The molecule has 0 fully saturated rings. The highest BCUT2D eigenvalue weighted by Gasteiger charge is 2.09. The van der Waals surface area contributed by atoms with Crippen molar-refractivity contribution in [3.05, 3.63) is 36.8 Å². The number of rotatable bonds is 7. The molecule has 2 N–H and O–H groups in total. The zero-order valence-corrected chi connectivity index (χ0v) is 12.4. The van der Waals surface area contributed by atoms with E-state index in [-0.39, 0.29) is 5.91 Å². The number of pyridine rings is 1. The molecular formula is C15H21N5O. The third-order valence-electron chi connectivity index (χ3n) is 2.92. The summed E-state index contributed by atoms with van der Waals surface area (Å²) in [7, 11) is 0. The molecule has 112 valence electrons. The minimum absolute atomic E-state index is 0.0121. The van der Waals surface area contributed by atoms with E-state index in [1.807, 2.05) is 12.1 Å². The van der Waals surface area contributed by atoms with Crippen molar-refractivity contribution in [3.63, 3.8) is 0 Å². The van der Waals surface area contributed by atoms with Gasteiger partial charge in [-0.2, -0.15) is 5.10 Å². The molecule has 6 heteroatoms. The van der Waals surface area contributed by atoms with E-state index in [1.54, 1.807) is 29.3 Å². The number of nitrogens with one attached hydrogen (secondary N) is 2. The largest absolute Gasteiger partial charge is 0.323 e. The van der Waals surface area contributed by atoms with Crippen molar-refractivity contribution in [3.8, 4) is 5.82 Å². The van der Waals surface area contributed by atoms with Crippen LogP contribution >= 0.6 is 0 Å². The second kappa shape index (κ2) is 7.54. The molecule has 0 spiro atoms. The number of hydrogen-bond acceptors (Lipinski definition) is 4. The number of aromatic nitrogens is 3. The Bertz CT molecular complexity index is 565. The first-order valence-corrected chi connectivity index (χ1v) is 7.15. The molecule has 0 unspecified atom stereocenters. The Balaban J connectivity index is 1.92. The summed E-state index contributed by atoms with van der Waals surface area (Å²) in [5.74, 6) is 0.609. The molecule has 0 saturated heterocycles. The monoisotopic (exact) mass is 287 g/mol. The van der Waals surface area contributed by atoms with Crippen LogP contribution in [0.3, 0.4) is 0 Å². The molecule has 2 aromatic rings. The Hall–Kier alpha value is -2.21. The van der Waals surface area contributed by atoms with Gasteiger partial charge in [0, 0.05) is 31.1 Å². The van der Waals surface area contributed by atoms with Crippen LogP contribution in [0.15, 0.2) is 36.8 Å². The smallest absolute Gasteiger partial charge is 0.224 e. The molecule has 1 amide bonds. The van der Waals surface area contributed by atoms with Gasteiger partial charge in [0.15, 0.2) is 5.82 Å². The Morgan fingerprint density at radius 2 is 2.19 bits per heavy atom. The number of amides is 1. The minimum atomic E-state index is -0.0121. The van der Waals surface area contributed by atoms with Crippen molar-refractivity contribution in [1.29, 1.82) is 0 Å². The van der Waals surface area contributed by atoms with E-state index in [9.17, 15) is 4.79 Å². The maximum Gasteiger partial charge on any atom is 0.224 e. The van der Waals surface area contributed by atoms with Crippen molar-refractivity contribution in [2.75, 3.05) is 11.9 Å². The van der Waals surface area contributed by atoms with Gasteiger partial charge < -0.3 is 10.6 Å². The van der Waals surface area contributed by atoms with Crippen LogP contribution < -0.4 is 10.6 Å². The lowest BCUT2D eigenvalue weighted by molar-refractivity contribution is -0.116. The van der Waals surface area contributed by atoms with Crippen LogP contribution in [0.25, 0.3) is 5.82 Å². The van der Waals surface area contributed by atoms with Gasteiger partial charge in [0.2, 0.25) is 5.91 Å². The summed E-state index contributed by atoms with van der Waals surface area (Å²) in [6.45, 7) is 5.02. The molecule has 0 saturated carbocycles. The van der Waals surface area contributed by atoms with Crippen LogP contribution in [-0.4, -0.2) is 33.3 Å². The predicted octanol–water partition coefficient (Wildman–Crippen LogP) is 1.98. The number of carbonyl (C=O) groups excluding carboxylic acids is 1. The molecule has 6 nitrogen and oxygen atoms in total. The molecule has 2 heterocycles. The molecule has 21 heavy (non-hydrogen) atoms. The van der Waals surface area contributed by atoms with Gasteiger partial charge in [-0.05, 0) is 31.2 Å². The quantitative estimate of drug-likeness (QED) is 0.764. The van der Waals surface area contributed by atoms with Gasteiger partial charge in [0.25, 0.3) is 0 Å². The highest BCUT2D eigenvalue weighted by Crippen LogP contribution is 2.16. The summed E-state index contributed by atoms with van der Waals surface area (Å²) < 4.78 is 1.63. The zero-order chi connectivity index (χ0) is 15.1. The maximum atomic E-state index is 12.0. The Morgan fingerprint density at radius 3 is 2.90 bits per heavy atom. The molecule has 2 rings (SSSR count). The minimum Gasteiger partial charge on any atom is -0.323 e. The molecule has 0 atom stereocenters. The number of nitrogens with zero attached hydrogens (tertiary/aromatic N) is 3. The fourth-order valence-corrected chi connectivity index (χ4v) is 1.92. The first kappa shape index (κ1) is 15.2. The lowest BCUT2D eigenvalue weighted by Gasteiger charge is -2.10. The number of anilines is 1. The van der Waals surface area contributed by atoms with Crippen LogP contribution in [0.5, 0.6) is 0 Å². The third kappa shape index (κ3) is 4.68. The fraction of sp³-hybridized carbons (Fsp3) is 0.400. The molecular weight excluding hydrogens is 266 g/mol. The standard InChI is InChI=1S/C15H21N5O/c1-12(2)16-8-4-7-14(21)19-13-6-3-9-17-15(13)20-11-5-10-18-20/h3,5-6,9-12,16H,4,7-8H2,1-2H3,(H,19,21). The van der Waals surface area contributed by atoms with Crippen molar-refractivity contribution in [1.82, 2.24) is 20.1 Å². The van der Waals surface area contributed by atoms with Crippen molar-refractivity contribution >= 4 is 11.6 Å². The lowest BCUT2D eigenvalue weighted by atomic mass is 10.2. The summed E-state index contributed by atoms with van der Waals surface area (Å²) in [5, 5.41) is 10.3. The van der Waals surface area contributed by atoms with Gasteiger partial charge >= 0.3 is 0 Å². The molecule has 0 aliphatic heterocycles. The van der Waals surface area contributed by atoms with Crippen LogP contribution in [0, 0.1) is 0 Å². The molecule has 2 aromatic heterocycles. The average Bonchev–Trinajstić information content (AvgIpc) is 2.98. The second-order valence-electron chi connectivity index (χ2n) is 5.09. The van der Waals surface area contributed by atoms with Gasteiger partial charge in [-0.3, -0.25) is 4.79 Å². The van der Waals surface area contributed by atoms with Crippen molar-refractivity contribution in [2.45, 2.75) is 32.7 Å². The lowest BCUT2D eigenvalue weighted by Crippen LogP contribution is -2.25. The summed E-state index contributed by atoms with van der Waals surface area (Å²) in [6, 6.07) is 5.88. The second-order valence-corrected chi connectivity index (χ2v) is 5.09. The van der Waals surface area contributed by atoms with Gasteiger partial charge in [0.1, 0.15) is 0 Å². The molecule has 0 aromatic carbocycles. The van der Waals surface area contributed by atoms with E-state index in [0.717, 1.165) is 13.0 Å². The van der Waals surface area contributed by atoms with Gasteiger partial charge in [-0.1, -0.05) is 13.8 Å². The first-order chi connectivity index (χ1) is 10.2. The first-order valence-electron chi connectivity index (χ1n) is 7.15. The molecule has 0 bridgehead atoms. The molecule has 0 radical (unpaired) electrons. The normalized spacial score (nSPS) is 10.8. The van der Waals surface area contributed by atoms with Gasteiger partial charge in [-0.25, -0.2) is 9.67 Å². The van der Waals surface area contributed by atoms with Crippen LogP contribution in [0.2, 0.25) is 0 Å². The summed E-state index contributed by atoms with van der Waals surface area (Å²) in [6.07, 6.45) is 6.44. The van der Waals surface area contributed by atoms with Crippen molar-refractivity contribution < 1.29 is 4.79 Å². The number of hydrogen-bond donors (Lipinski definition) is 2. The summed E-state index contributed by atoms with van der Waals surface area (Å²) >= 11 is 0.